The Morgan fingerprint density at radius 1 is 1.39 bits per heavy atom. The van der Waals surface area contributed by atoms with Gasteiger partial charge in [0.15, 0.2) is 0 Å². The number of aliphatic hydroxyl groups excluding tert-OH is 2. The Labute approximate surface area is 111 Å². The third kappa shape index (κ3) is 3.76. The summed E-state index contributed by atoms with van der Waals surface area (Å²) in [6, 6.07) is 3.00. The lowest BCUT2D eigenvalue weighted by Crippen LogP contribution is -2.40. The molecular weight excluding hydrogens is 308 g/mol. The lowest BCUT2D eigenvalue weighted by molar-refractivity contribution is -0.385. The van der Waals surface area contributed by atoms with E-state index in [4.69, 9.17) is 10.2 Å². The first-order valence-corrected chi connectivity index (χ1v) is 5.74. The molecule has 0 aliphatic rings. The fraction of sp³-hybridized carbons (Fsp3) is 0.300. The Morgan fingerprint density at radius 2 is 2.00 bits per heavy atom. The van der Waals surface area contributed by atoms with E-state index in [0.717, 1.165) is 6.07 Å². The van der Waals surface area contributed by atoms with Crippen molar-refractivity contribution in [1.29, 1.82) is 0 Å². The van der Waals surface area contributed by atoms with Crippen molar-refractivity contribution in [2.75, 3.05) is 13.2 Å². The molecule has 1 aromatic rings. The van der Waals surface area contributed by atoms with Crippen molar-refractivity contribution in [3.63, 3.8) is 0 Å². The summed E-state index contributed by atoms with van der Waals surface area (Å²) in [6.45, 7) is -0.837. The van der Waals surface area contributed by atoms with Gasteiger partial charge in [-0.05, 0) is 6.07 Å². The van der Waals surface area contributed by atoms with Crippen molar-refractivity contribution in [2.45, 2.75) is 6.04 Å². The van der Waals surface area contributed by atoms with Crippen LogP contribution >= 0.6 is 15.9 Å². The monoisotopic (exact) mass is 318 g/mol. The van der Waals surface area contributed by atoms with Gasteiger partial charge >= 0.3 is 0 Å². The van der Waals surface area contributed by atoms with Crippen LogP contribution < -0.4 is 5.32 Å². The molecule has 0 spiro atoms. The second-order valence-corrected chi connectivity index (χ2v) is 4.41. The number of aliphatic hydroxyl groups is 2. The molecule has 1 aromatic carbocycles. The maximum Gasteiger partial charge on any atom is 0.271 e. The zero-order valence-electron chi connectivity index (χ0n) is 9.17. The minimum absolute atomic E-state index is 0.0722. The van der Waals surface area contributed by atoms with Crippen LogP contribution in [-0.2, 0) is 0 Å². The number of nitrogens with one attached hydrogen (secondary N) is 1. The molecule has 0 aliphatic heterocycles. The summed E-state index contributed by atoms with van der Waals surface area (Å²) in [5.41, 5.74) is -0.151. The summed E-state index contributed by atoms with van der Waals surface area (Å²) < 4.78 is 0.395. The van der Waals surface area contributed by atoms with Crippen LogP contribution in [0.1, 0.15) is 10.4 Å². The highest BCUT2D eigenvalue weighted by Gasteiger charge is 2.16. The highest BCUT2D eigenvalue weighted by Crippen LogP contribution is 2.21. The molecule has 0 fully saturated rings. The summed E-state index contributed by atoms with van der Waals surface area (Å²) in [5.74, 6) is -0.604. The number of non-ortho nitro benzene ring substituents is 1. The second kappa shape index (κ2) is 6.43. The Kier molecular flexibility index (Phi) is 5.20. The van der Waals surface area contributed by atoms with Gasteiger partial charge < -0.3 is 15.5 Å². The van der Waals surface area contributed by atoms with Crippen LogP contribution in [0.25, 0.3) is 0 Å². The molecule has 8 heteroatoms. The topological polar surface area (TPSA) is 113 Å². The van der Waals surface area contributed by atoms with Crippen LogP contribution in [0.5, 0.6) is 0 Å². The van der Waals surface area contributed by atoms with Gasteiger partial charge in [-0.3, -0.25) is 14.9 Å². The van der Waals surface area contributed by atoms with Gasteiger partial charge in [-0.15, -0.1) is 0 Å². The van der Waals surface area contributed by atoms with Gasteiger partial charge in [0, 0.05) is 22.2 Å². The molecule has 98 valence electrons. The molecule has 0 aromatic heterocycles. The van der Waals surface area contributed by atoms with Crippen molar-refractivity contribution in [3.8, 4) is 0 Å². The highest BCUT2D eigenvalue weighted by atomic mass is 79.9. The molecule has 0 aliphatic carbocycles. The van der Waals surface area contributed by atoms with E-state index in [1.165, 1.54) is 12.1 Å². The van der Waals surface area contributed by atoms with Gasteiger partial charge in [0.05, 0.1) is 24.2 Å². The zero-order valence-corrected chi connectivity index (χ0v) is 10.8. The molecular formula is C10H11BrN2O5. The normalized spacial score (nSPS) is 10.4. The molecule has 7 nitrogen and oxygen atoms in total. The van der Waals surface area contributed by atoms with E-state index in [1.54, 1.807) is 0 Å². The van der Waals surface area contributed by atoms with E-state index in [0.29, 0.717) is 4.47 Å². The van der Waals surface area contributed by atoms with Crippen LogP contribution in [0.3, 0.4) is 0 Å². The van der Waals surface area contributed by atoms with Crippen molar-refractivity contribution < 1.29 is 19.9 Å². The lowest BCUT2D eigenvalue weighted by atomic mass is 10.2. The van der Waals surface area contributed by atoms with Crippen LogP contribution in [0.4, 0.5) is 5.69 Å². The van der Waals surface area contributed by atoms with Gasteiger partial charge in [0.2, 0.25) is 0 Å². The number of benzene rings is 1. The number of rotatable bonds is 5. The number of nitro groups is 1. The Bertz CT molecular complexity index is 462. The van der Waals surface area contributed by atoms with Crippen molar-refractivity contribution in [3.05, 3.63) is 38.3 Å². The Balaban J connectivity index is 2.95. The zero-order chi connectivity index (χ0) is 13.7. The van der Waals surface area contributed by atoms with E-state index in [1.807, 2.05) is 0 Å². The fourth-order valence-corrected chi connectivity index (χ4v) is 1.71. The van der Waals surface area contributed by atoms with E-state index < -0.39 is 30.1 Å². The molecule has 0 heterocycles. The standard InChI is InChI=1S/C10H11BrN2O5/c11-7-1-6(2-9(3-7)13(17)18)10(16)12-8(4-14)5-15/h1-3,8,14-15H,4-5H2,(H,12,16). The highest BCUT2D eigenvalue weighted by molar-refractivity contribution is 9.10. The summed E-state index contributed by atoms with van der Waals surface area (Å²) in [7, 11) is 0. The first-order chi connectivity index (χ1) is 8.47. The molecule has 0 bridgehead atoms. The molecule has 3 N–H and O–H groups in total. The average Bonchev–Trinajstić information content (AvgIpc) is 2.34. The first-order valence-electron chi connectivity index (χ1n) is 4.95. The third-order valence-corrected chi connectivity index (χ3v) is 2.59. The van der Waals surface area contributed by atoms with Crippen LogP contribution in [-0.4, -0.2) is 40.3 Å². The Hall–Kier alpha value is -1.51. The second-order valence-electron chi connectivity index (χ2n) is 3.49. The van der Waals surface area contributed by atoms with Gasteiger partial charge in [-0.2, -0.15) is 0 Å². The molecule has 1 amide bonds. The summed E-state index contributed by atoms with van der Waals surface area (Å²) in [5, 5.41) is 30.6. The van der Waals surface area contributed by atoms with Crippen molar-refractivity contribution in [2.24, 2.45) is 0 Å². The minimum atomic E-state index is -0.796. The van der Waals surface area contributed by atoms with Crippen LogP contribution in [0, 0.1) is 10.1 Å². The molecule has 0 radical (unpaired) electrons. The van der Waals surface area contributed by atoms with E-state index in [9.17, 15) is 14.9 Å². The van der Waals surface area contributed by atoms with Crippen LogP contribution in [0.2, 0.25) is 0 Å². The predicted octanol–water partition coefficient (Wildman–Crippen LogP) is 0.440. The fourth-order valence-electron chi connectivity index (χ4n) is 1.23. The number of hydrogen-bond acceptors (Lipinski definition) is 5. The first kappa shape index (κ1) is 14.6. The van der Waals surface area contributed by atoms with Crippen LogP contribution in [0.15, 0.2) is 22.7 Å². The SMILES string of the molecule is O=C(NC(CO)CO)c1cc(Br)cc([N+](=O)[O-])c1. The van der Waals surface area contributed by atoms with E-state index in [2.05, 4.69) is 21.2 Å². The summed E-state index contributed by atoms with van der Waals surface area (Å²) >= 11 is 3.07. The van der Waals surface area contributed by atoms with Gasteiger partial charge in [-0.25, -0.2) is 0 Å². The third-order valence-electron chi connectivity index (χ3n) is 2.13. The number of halogens is 1. The largest absolute Gasteiger partial charge is 0.394 e. The molecule has 1 rings (SSSR count). The molecule has 18 heavy (non-hydrogen) atoms. The van der Waals surface area contributed by atoms with E-state index >= 15 is 0 Å². The molecule has 0 saturated carbocycles. The quantitative estimate of drug-likeness (QED) is 0.538. The average molecular weight is 319 g/mol. The number of amides is 1. The van der Waals surface area contributed by atoms with Gasteiger partial charge in [-0.1, -0.05) is 15.9 Å². The molecule has 0 atom stereocenters. The van der Waals surface area contributed by atoms with Gasteiger partial charge in [0.1, 0.15) is 0 Å². The van der Waals surface area contributed by atoms with Gasteiger partial charge in [0.25, 0.3) is 11.6 Å². The number of carbonyl (C=O) groups excluding carboxylic acids is 1. The Morgan fingerprint density at radius 3 is 2.50 bits per heavy atom. The number of nitrogens with zero attached hydrogens (tertiary/aromatic N) is 1. The van der Waals surface area contributed by atoms with Crippen molar-refractivity contribution >= 4 is 27.5 Å². The number of nitro benzene ring substituents is 1. The lowest BCUT2D eigenvalue weighted by Gasteiger charge is -2.13. The molecule has 0 unspecified atom stereocenters. The number of hydrogen-bond donors (Lipinski definition) is 3. The van der Waals surface area contributed by atoms with E-state index in [-0.39, 0.29) is 11.3 Å². The summed E-state index contributed by atoms with van der Waals surface area (Å²) in [6.07, 6.45) is 0. The smallest absolute Gasteiger partial charge is 0.271 e. The minimum Gasteiger partial charge on any atom is -0.394 e. The number of carbonyl (C=O) groups is 1. The van der Waals surface area contributed by atoms with Crippen molar-refractivity contribution in [1.82, 2.24) is 5.32 Å². The predicted molar refractivity (Wildman–Crippen MR) is 66.2 cm³/mol. The maximum absolute atomic E-state index is 11.7. The molecule has 0 saturated heterocycles. The summed E-state index contributed by atoms with van der Waals surface area (Å²) in [4.78, 5) is 21.7. The maximum atomic E-state index is 11.7.